The molecule has 248 valence electrons. The lowest BCUT2D eigenvalue weighted by atomic mass is 9.97. The van der Waals surface area contributed by atoms with E-state index >= 15 is 0 Å². The van der Waals surface area contributed by atoms with E-state index < -0.39 is 29.9 Å². The first-order valence-corrected chi connectivity index (χ1v) is 16.3. The Morgan fingerprint density at radius 1 is 0.915 bits per heavy atom. The fourth-order valence-corrected chi connectivity index (χ4v) is 6.60. The van der Waals surface area contributed by atoms with Crippen LogP contribution in [0.3, 0.4) is 0 Å². The molecule has 2 heterocycles. The molecule has 3 atom stereocenters. The fraction of sp³-hybridized carbons (Fsp3) is 0.417. The van der Waals surface area contributed by atoms with E-state index in [1.54, 1.807) is 12.1 Å². The van der Waals surface area contributed by atoms with Gasteiger partial charge in [-0.2, -0.15) is 0 Å². The van der Waals surface area contributed by atoms with Gasteiger partial charge in [0.25, 0.3) is 0 Å². The number of phenolic OH excluding ortho intramolecular Hbond substituents is 1. The number of hydrogen-bond donors (Lipinski definition) is 5. The molecule has 5 rings (SSSR count). The molecule has 2 saturated heterocycles. The number of amides is 5. The maximum absolute atomic E-state index is 14.1. The van der Waals surface area contributed by atoms with Gasteiger partial charge in [0.05, 0.1) is 6.54 Å². The maximum atomic E-state index is 14.1. The fourth-order valence-electron chi connectivity index (χ4n) is 6.60. The Kier molecular flexibility index (Phi) is 10.7. The predicted octanol–water partition coefficient (Wildman–Crippen LogP) is 2.32. The van der Waals surface area contributed by atoms with Gasteiger partial charge in [-0.25, -0.2) is 0 Å². The number of aromatic hydroxyl groups is 1. The first-order chi connectivity index (χ1) is 22.6. The number of phenols is 1. The van der Waals surface area contributed by atoms with Gasteiger partial charge in [0.2, 0.25) is 29.5 Å². The predicted molar refractivity (Wildman–Crippen MR) is 177 cm³/mol. The van der Waals surface area contributed by atoms with Gasteiger partial charge in [0, 0.05) is 25.9 Å². The van der Waals surface area contributed by atoms with E-state index in [9.17, 15) is 29.1 Å². The monoisotopic (exact) mass is 641 g/mol. The van der Waals surface area contributed by atoms with E-state index in [1.165, 1.54) is 4.90 Å². The van der Waals surface area contributed by atoms with Crippen molar-refractivity contribution in [1.82, 2.24) is 26.2 Å². The average molecular weight is 642 g/mol. The molecule has 0 spiro atoms. The highest BCUT2D eigenvalue weighted by Gasteiger charge is 2.38. The molecule has 3 aromatic carbocycles. The van der Waals surface area contributed by atoms with E-state index in [2.05, 4.69) is 21.3 Å². The molecule has 0 bridgehead atoms. The van der Waals surface area contributed by atoms with Crippen molar-refractivity contribution in [3.63, 3.8) is 0 Å². The number of fused-ring (bicyclic) bond motifs is 2. The van der Waals surface area contributed by atoms with Crippen LogP contribution in [0, 0.1) is 13.8 Å². The van der Waals surface area contributed by atoms with Crippen LogP contribution in [0.2, 0.25) is 0 Å². The molecule has 0 saturated carbocycles. The molecule has 0 aromatic heterocycles. The summed E-state index contributed by atoms with van der Waals surface area (Å²) in [6, 6.07) is 14.4. The Balaban J connectivity index is 1.38. The summed E-state index contributed by atoms with van der Waals surface area (Å²) in [5, 5.41) is 23.1. The quantitative estimate of drug-likeness (QED) is 0.278. The number of carbonyl (C=O) groups is 5. The topological polar surface area (TPSA) is 157 Å². The Morgan fingerprint density at radius 3 is 2.43 bits per heavy atom. The van der Waals surface area contributed by atoms with Crippen LogP contribution < -0.4 is 21.3 Å². The smallest absolute Gasteiger partial charge is 0.246 e. The largest absolute Gasteiger partial charge is 0.508 e. The van der Waals surface area contributed by atoms with Crippen LogP contribution in [0.25, 0.3) is 10.8 Å². The highest BCUT2D eigenvalue weighted by atomic mass is 16.3. The SMILES string of the molecule is Cc1cc(O)cc(C)c1CCC(=O)N[C@H]1CCCNC(=O)CNC(=O)[C@H]2CCCN2C(=O)[C@H](Cc2ccc3ccccc3c2)NC1=O. The molecule has 2 aliphatic heterocycles. The first-order valence-electron chi connectivity index (χ1n) is 16.3. The molecule has 2 aliphatic rings. The number of hydrogen-bond acceptors (Lipinski definition) is 6. The van der Waals surface area contributed by atoms with E-state index in [0.717, 1.165) is 33.0 Å². The summed E-state index contributed by atoms with van der Waals surface area (Å²) < 4.78 is 0. The van der Waals surface area contributed by atoms with Crippen molar-refractivity contribution < 1.29 is 29.1 Å². The zero-order chi connectivity index (χ0) is 33.5. The normalized spacial score (nSPS) is 21.2. The van der Waals surface area contributed by atoms with Crippen molar-refractivity contribution in [1.29, 1.82) is 0 Å². The van der Waals surface area contributed by atoms with Crippen molar-refractivity contribution in [2.24, 2.45) is 0 Å². The third-order valence-electron chi connectivity index (χ3n) is 9.06. The highest BCUT2D eigenvalue weighted by Crippen LogP contribution is 2.23. The van der Waals surface area contributed by atoms with Gasteiger partial charge in [0.15, 0.2) is 0 Å². The lowest BCUT2D eigenvalue weighted by Crippen LogP contribution is -2.57. The molecule has 11 nitrogen and oxygen atoms in total. The van der Waals surface area contributed by atoms with Crippen molar-refractivity contribution >= 4 is 40.3 Å². The second-order valence-corrected chi connectivity index (χ2v) is 12.5. The van der Waals surface area contributed by atoms with Crippen molar-refractivity contribution in [3.05, 3.63) is 76.9 Å². The van der Waals surface area contributed by atoms with Gasteiger partial charge in [-0.05, 0) is 91.1 Å². The Bertz CT molecular complexity index is 1650. The molecular formula is C36H43N5O6. The second kappa shape index (κ2) is 15.1. The minimum absolute atomic E-state index is 0.121. The van der Waals surface area contributed by atoms with E-state index in [-0.39, 0.29) is 55.8 Å². The molecule has 47 heavy (non-hydrogen) atoms. The maximum Gasteiger partial charge on any atom is 0.246 e. The summed E-state index contributed by atoms with van der Waals surface area (Å²) in [5.41, 5.74) is 3.55. The summed E-state index contributed by atoms with van der Waals surface area (Å²) in [6.07, 6.45) is 2.42. The van der Waals surface area contributed by atoms with Crippen LogP contribution >= 0.6 is 0 Å². The lowest BCUT2D eigenvalue weighted by Gasteiger charge is -2.30. The summed E-state index contributed by atoms with van der Waals surface area (Å²) in [4.78, 5) is 68.2. The minimum atomic E-state index is -0.983. The molecular weight excluding hydrogens is 598 g/mol. The van der Waals surface area contributed by atoms with Crippen LogP contribution in [-0.4, -0.2) is 77.3 Å². The van der Waals surface area contributed by atoms with Gasteiger partial charge in [-0.1, -0.05) is 42.5 Å². The van der Waals surface area contributed by atoms with Crippen molar-refractivity contribution in [2.45, 2.75) is 76.9 Å². The van der Waals surface area contributed by atoms with Gasteiger partial charge in [-0.3, -0.25) is 24.0 Å². The molecule has 2 fully saturated rings. The first kappa shape index (κ1) is 33.4. The molecule has 0 aliphatic carbocycles. The van der Waals surface area contributed by atoms with Gasteiger partial charge < -0.3 is 31.3 Å². The molecule has 0 unspecified atom stereocenters. The number of aryl methyl sites for hydroxylation is 2. The average Bonchev–Trinajstić information content (AvgIpc) is 3.53. The van der Waals surface area contributed by atoms with Crippen LogP contribution in [0.4, 0.5) is 0 Å². The van der Waals surface area contributed by atoms with Crippen LogP contribution in [0.5, 0.6) is 5.75 Å². The third-order valence-corrected chi connectivity index (χ3v) is 9.06. The molecule has 0 radical (unpaired) electrons. The van der Waals surface area contributed by atoms with E-state index in [4.69, 9.17) is 0 Å². The summed E-state index contributed by atoms with van der Waals surface area (Å²) in [6.45, 7) is 4.13. The molecule has 5 amide bonds. The van der Waals surface area contributed by atoms with Gasteiger partial charge in [0.1, 0.15) is 23.9 Å². The van der Waals surface area contributed by atoms with Gasteiger partial charge >= 0.3 is 0 Å². The number of nitrogens with zero attached hydrogens (tertiary/aromatic N) is 1. The molecule has 11 heteroatoms. The second-order valence-electron chi connectivity index (χ2n) is 12.5. The van der Waals surface area contributed by atoms with E-state index in [1.807, 2.05) is 56.3 Å². The summed E-state index contributed by atoms with van der Waals surface area (Å²) in [5.74, 6) is -1.82. The Hall–Kier alpha value is -4.93. The number of carbonyl (C=O) groups excluding carboxylic acids is 5. The van der Waals surface area contributed by atoms with Gasteiger partial charge in [-0.15, -0.1) is 0 Å². The van der Waals surface area contributed by atoms with Crippen LogP contribution in [-0.2, 0) is 36.8 Å². The summed E-state index contributed by atoms with van der Waals surface area (Å²) in [7, 11) is 0. The van der Waals surface area contributed by atoms with Crippen LogP contribution in [0.15, 0.2) is 54.6 Å². The minimum Gasteiger partial charge on any atom is -0.508 e. The zero-order valence-electron chi connectivity index (χ0n) is 26.9. The standard InChI is InChI=1S/C36H43N5O6/c1-22-17-27(42)18-23(2)28(22)13-14-32(43)39-29-9-5-15-37-33(44)21-38-35(46)31-10-6-16-41(31)36(47)30(40-34(29)45)20-24-11-12-25-7-3-4-8-26(25)19-24/h3-4,7-8,11-12,17-19,29-31,42H,5-6,9-10,13-16,20-21H2,1-2H3,(H,37,44)(H,38,46)(H,39,43)(H,40,45)/t29-,30-,31+/m0/s1. The number of nitrogens with one attached hydrogen (secondary N) is 4. The van der Waals surface area contributed by atoms with Crippen molar-refractivity contribution in [3.8, 4) is 5.75 Å². The summed E-state index contributed by atoms with van der Waals surface area (Å²) >= 11 is 0. The zero-order valence-corrected chi connectivity index (χ0v) is 26.9. The Labute approximate surface area is 274 Å². The number of benzene rings is 3. The number of rotatable bonds is 6. The third kappa shape index (κ3) is 8.46. The highest BCUT2D eigenvalue weighted by molar-refractivity contribution is 5.95. The van der Waals surface area contributed by atoms with Crippen LogP contribution in [0.1, 0.15) is 54.4 Å². The van der Waals surface area contributed by atoms with E-state index in [0.29, 0.717) is 32.2 Å². The Morgan fingerprint density at radius 2 is 1.66 bits per heavy atom. The lowest BCUT2D eigenvalue weighted by molar-refractivity contribution is -0.142. The van der Waals surface area contributed by atoms with Crippen molar-refractivity contribution in [2.75, 3.05) is 19.6 Å². The molecule has 5 N–H and O–H groups in total. The molecule has 3 aromatic rings.